The van der Waals surface area contributed by atoms with Crippen molar-refractivity contribution in [3.05, 3.63) is 24.3 Å². The van der Waals surface area contributed by atoms with Crippen molar-refractivity contribution in [3.63, 3.8) is 0 Å². The van der Waals surface area contributed by atoms with Crippen LogP contribution in [0.1, 0.15) is 13.3 Å². The molecule has 100 valence electrons. The van der Waals surface area contributed by atoms with Gasteiger partial charge in [0.15, 0.2) is 0 Å². The number of anilines is 1. The van der Waals surface area contributed by atoms with Gasteiger partial charge in [0.05, 0.1) is 18.4 Å². The molecule has 0 bridgehead atoms. The van der Waals surface area contributed by atoms with Crippen molar-refractivity contribution in [2.45, 2.75) is 19.4 Å². The summed E-state index contributed by atoms with van der Waals surface area (Å²) < 4.78 is 11.3. The summed E-state index contributed by atoms with van der Waals surface area (Å²) in [6, 6.07) is 7.62. The number of nitrogen functional groups attached to an aromatic ring is 1. The molecule has 0 aliphatic carbocycles. The highest BCUT2D eigenvalue weighted by molar-refractivity contribution is 5.51. The summed E-state index contributed by atoms with van der Waals surface area (Å²) in [5.41, 5.74) is 6.52. The molecular weight excluding hydrogens is 228 g/mol. The Balaban J connectivity index is 1.73. The van der Waals surface area contributed by atoms with Crippen LogP contribution >= 0.6 is 0 Å². The molecule has 0 aromatic heterocycles. The molecule has 1 atom stereocenters. The zero-order chi connectivity index (χ0) is 12.8. The van der Waals surface area contributed by atoms with Crippen LogP contribution in [-0.4, -0.2) is 43.9 Å². The molecule has 2 rings (SSSR count). The molecule has 1 aromatic carbocycles. The number of morpholine rings is 1. The lowest BCUT2D eigenvalue weighted by molar-refractivity contribution is -0.0324. The standard InChI is InChI=1S/C14H22N2O2/c1-2-12-11-16(7-9-17-12)8-10-18-14-6-4-3-5-13(14)15/h3-6,12H,2,7-11,15H2,1H3. The van der Waals surface area contributed by atoms with Gasteiger partial charge in [-0.2, -0.15) is 0 Å². The van der Waals surface area contributed by atoms with E-state index in [1.165, 1.54) is 0 Å². The number of para-hydroxylation sites is 2. The molecule has 0 amide bonds. The van der Waals surface area contributed by atoms with Crippen molar-refractivity contribution in [2.75, 3.05) is 38.6 Å². The lowest BCUT2D eigenvalue weighted by Gasteiger charge is -2.32. The fourth-order valence-corrected chi connectivity index (χ4v) is 2.13. The first-order chi connectivity index (χ1) is 8.79. The van der Waals surface area contributed by atoms with Crippen LogP contribution in [0.2, 0.25) is 0 Å². The van der Waals surface area contributed by atoms with Gasteiger partial charge in [-0.25, -0.2) is 0 Å². The third-order valence-corrected chi connectivity index (χ3v) is 3.26. The van der Waals surface area contributed by atoms with Gasteiger partial charge in [-0.3, -0.25) is 4.90 Å². The second-order valence-electron chi connectivity index (χ2n) is 4.59. The number of ether oxygens (including phenoxy) is 2. The van der Waals surface area contributed by atoms with E-state index in [9.17, 15) is 0 Å². The summed E-state index contributed by atoms with van der Waals surface area (Å²) in [4.78, 5) is 2.39. The predicted molar refractivity (Wildman–Crippen MR) is 72.8 cm³/mol. The molecule has 4 heteroatoms. The van der Waals surface area contributed by atoms with Crippen molar-refractivity contribution in [1.29, 1.82) is 0 Å². The quantitative estimate of drug-likeness (QED) is 0.809. The van der Waals surface area contributed by atoms with Crippen LogP contribution in [0.4, 0.5) is 5.69 Å². The van der Waals surface area contributed by atoms with Gasteiger partial charge in [0, 0.05) is 19.6 Å². The first kappa shape index (κ1) is 13.2. The average Bonchev–Trinajstić information content (AvgIpc) is 2.41. The van der Waals surface area contributed by atoms with Crippen LogP contribution in [0.3, 0.4) is 0 Å². The van der Waals surface area contributed by atoms with Crippen molar-refractivity contribution in [3.8, 4) is 5.75 Å². The predicted octanol–water partition coefficient (Wildman–Crippen LogP) is 1.76. The highest BCUT2D eigenvalue weighted by Gasteiger charge is 2.18. The smallest absolute Gasteiger partial charge is 0.142 e. The van der Waals surface area contributed by atoms with Gasteiger partial charge in [0.2, 0.25) is 0 Å². The Morgan fingerprint density at radius 2 is 2.28 bits per heavy atom. The number of rotatable bonds is 5. The van der Waals surface area contributed by atoms with Gasteiger partial charge in [-0.05, 0) is 18.6 Å². The van der Waals surface area contributed by atoms with Crippen LogP contribution in [0.25, 0.3) is 0 Å². The normalized spacial score (nSPS) is 20.8. The van der Waals surface area contributed by atoms with E-state index in [1.807, 2.05) is 24.3 Å². The summed E-state index contributed by atoms with van der Waals surface area (Å²) in [5.74, 6) is 0.776. The summed E-state index contributed by atoms with van der Waals surface area (Å²) in [6.45, 7) is 6.58. The first-order valence-electron chi connectivity index (χ1n) is 6.61. The molecule has 0 spiro atoms. The molecular formula is C14H22N2O2. The Kier molecular flexibility index (Phi) is 4.84. The average molecular weight is 250 g/mol. The summed E-state index contributed by atoms with van der Waals surface area (Å²) >= 11 is 0. The minimum absolute atomic E-state index is 0.376. The van der Waals surface area contributed by atoms with E-state index in [4.69, 9.17) is 15.2 Å². The summed E-state index contributed by atoms with van der Waals surface area (Å²) in [5, 5.41) is 0. The maximum absolute atomic E-state index is 5.82. The van der Waals surface area contributed by atoms with Gasteiger partial charge in [-0.15, -0.1) is 0 Å². The first-order valence-corrected chi connectivity index (χ1v) is 6.61. The van der Waals surface area contributed by atoms with Gasteiger partial charge >= 0.3 is 0 Å². The Bertz CT molecular complexity index is 371. The van der Waals surface area contributed by atoms with Gasteiger partial charge in [0.1, 0.15) is 12.4 Å². The Hall–Kier alpha value is -1.26. The van der Waals surface area contributed by atoms with E-state index < -0.39 is 0 Å². The summed E-state index contributed by atoms with van der Waals surface area (Å²) in [7, 11) is 0. The van der Waals surface area contributed by atoms with E-state index in [0.717, 1.165) is 38.4 Å². The highest BCUT2D eigenvalue weighted by Crippen LogP contribution is 2.19. The maximum Gasteiger partial charge on any atom is 0.142 e. The van der Waals surface area contributed by atoms with E-state index >= 15 is 0 Å². The molecule has 4 nitrogen and oxygen atoms in total. The molecule has 1 heterocycles. The number of benzene rings is 1. The molecule has 0 saturated carbocycles. The monoisotopic (exact) mass is 250 g/mol. The van der Waals surface area contributed by atoms with Crippen molar-refractivity contribution < 1.29 is 9.47 Å². The van der Waals surface area contributed by atoms with Gasteiger partial charge in [-0.1, -0.05) is 19.1 Å². The lowest BCUT2D eigenvalue weighted by Crippen LogP contribution is -2.43. The van der Waals surface area contributed by atoms with Crippen molar-refractivity contribution >= 4 is 5.69 Å². The van der Waals surface area contributed by atoms with E-state index in [0.29, 0.717) is 18.4 Å². The third-order valence-electron chi connectivity index (χ3n) is 3.26. The van der Waals surface area contributed by atoms with Crippen molar-refractivity contribution in [2.24, 2.45) is 0 Å². The van der Waals surface area contributed by atoms with E-state index in [1.54, 1.807) is 0 Å². The largest absolute Gasteiger partial charge is 0.490 e. The SMILES string of the molecule is CCC1CN(CCOc2ccccc2N)CCO1. The maximum atomic E-state index is 5.82. The minimum Gasteiger partial charge on any atom is -0.490 e. The topological polar surface area (TPSA) is 47.7 Å². The fraction of sp³-hybridized carbons (Fsp3) is 0.571. The van der Waals surface area contributed by atoms with E-state index in [2.05, 4.69) is 11.8 Å². The second-order valence-corrected chi connectivity index (χ2v) is 4.59. The molecule has 18 heavy (non-hydrogen) atoms. The van der Waals surface area contributed by atoms with Crippen LogP contribution < -0.4 is 10.5 Å². The molecule has 1 aliphatic heterocycles. The van der Waals surface area contributed by atoms with Gasteiger partial charge < -0.3 is 15.2 Å². The highest BCUT2D eigenvalue weighted by atomic mass is 16.5. The molecule has 2 N–H and O–H groups in total. The number of hydrogen-bond acceptors (Lipinski definition) is 4. The molecule has 1 aliphatic rings. The van der Waals surface area contributed by atoms with Crippen LogP contribution in [0, 0.1) is 0 Å². The molecule has 1 unspecified atom stereocenters. The Labute approximate surface area is 109 Å². The number of nitrogens with two attached hydrogens (primary N) is 1. The Morgan fingerprint density at radius 3 is 3.06 bits per heavy atom. The van der Waals surface area contributed by atoms with Crippen molar-refractivity contribution in [1.82, 2.24) is 4.90 Å². The summed E-state index contributed by atoms with van der Waals surface area (Å²) in [6.07, 6.45) is 1.45. The van der Waals surface area contributed by atoms with Gasteiger partial charge in [0.25, 0.3) is 0 Å². The third kappa shape index (κ3) is 3.62. The number of hydrogen-bond donors (Lipinski definition) is 1. The van der Waals surface area contributed by atoms with Crippen LogP contribution in [-0.2, 0) is 4.74 Å². The lowest BCUT2D eigenvalue weighted by atomic mass is 10.2. The van der Waals surface area contributed by atoms with E-state index in [-0.39, 0.29) is 0 Å². The molecule has 1 saturated heterocycles. The van der Waals surface area contributed by atoms with Crippen LogP contribution in [0.5, 0.6) is 5.75 Å². The fourth-order valence-electron chi connectivity index (χ4n) is 2.13. The zero-order valence-corrected chi connectivity index (χ0v) is 11.0. The zero-order valence-electron chi connectivity index (χ0n) is 11.0. The minimum atomic E-state index is 0.376. The molecule has 0 radical (unpaired) electrons. The Morgan fingerprint density at radius 1 is 1.44 bits per heavy atom. The molecule has 1 fully saturated rings. The number of nitrogens with zero attached hydrogens (tertiary/aromatic N) is 1. The molecule has 1 aromatic rings. The second kappa shape index (κ2) is 6.61. The van der Waals surface area contributed by atoms with Crippen LogP contribution in [0.15, 0.2) is 24.3 Å².